The molecule has 4 aliphatic carbocycles. The standard InChI is InChI=1S/C23H30O8/c1-20-9-15-18-14(22(20,29)5-3-13(20)11-6-17(26)30-10-11)2-4-21(28)8-12(24)7-16(25)23(18,21)19(27)31-15/h6,12-16,18,24-25,28-29H,2-5,7-10H2,1H3/t12-,13+,14+,15+,16+,18+,20+,21-,22-,23+/m0/s1. The Kier molecular flexibility index (Phi) is 3.83. The van der Waals surface area contributed by atoms with Crippen LogP contribution in [0.4, 0.5) is 0 Å². The number of hydrogen-bond donors (Lipinski definition) is 4. The lowest BCUT2D eigenvalue weighted by atomic mass is 9.41. The van der Waals surface area contributed by atoms with Crippen LogP contribution in [0, 0.1) is 28.6 Å². The normalized spacial score (nSPS) is 57.5. The smallest absolute Gasteiger partial charge is 0.331 e. The molecule has 10 atom stereocenters. The van der Waals surface area contributed by atoms with Gasteiger partial charge in [0.2, 0.25) is 0 Å². The summed E-state index contributed by atoms with van der Waals surface area (Å²) in [5.41, 5.74) is -3.90. The second-order valence-corrected chi connectivity index (χ2v) is 11.1. The third-order valence-electron chi connectivity index (χ3n) is 10.1. The summed E-state index contributed by atoms with van der Waals surface area (Å²) < 4.78 is 11.0. The zero-order valence-corrected chi connectivity index (χ0v) is 17.6. The number of rotatable bonds is 1. The van der Waals surface area contributed by atoms with E-state index < -0.39 is 52.2 Å². The molecule has 31 heavy (non-hydrogen) atoms. The molecule has 4 N–H and O–H groups in total. The molecule has 1 spiro atoms. The van der Waals surface area contributed by atoms with Crippen LogP contribution in [0.1, 0.15) is 51.9 Å². The molecular weight excluding hydrogens is 404 g/mol. The van der Waals surface area contributed by atoms with Crippen LogP contribution in [0.5, 0.6) is 0 Å². The van der Waals surface area contributed by atoms with Crippen molar-refractivity contribution >= 4 is 11.9 Å². The van der Waals surface area contributed by atoms with E-state index >= 15 is 0 Å². The van der Waals surface area contributed by atoms with Gasteiger partial charge in [-0.15, -0.1) is 0 Å². The summed E-state index contributed by atoms with van der Waals surface area (Å²) in [6.45, 7) is 2.25. The maximum absolute atomic E-state index is 13.4. The molecule has 8 nitrogen and oxygen atoms in total. The number of aliphatic hydroxyl groups excluding tert-OH is 2. The average molecular weight is 434 g/mol. The van der Waals surface area contributed by atoms with E-state index in [1.807, 2.05) is 6.92 Å². The van der Waals surface area contributed by atoms with Crippen molar-refractivity contribution in [2.45, 2.75) is 81.4 Å². The maximum atomic E-state index is 13.4. The Morgan fingerprint density at radius 3 is 2.58 bits per heavy atom. The van der Waals surface area contributed by atoms with Gasteiger partial charge in [-0.05, 0) is 49.5 Å². The summed E-state index contributed by atoms with van der Waals surface area (Å²) in [5, 5.41) is 45.1. The van der Waals surface area contributed by atoms with Gasteiger partial charge in [0.25, 0.3) is 0 Å². The van der Waals surface area contributed by atoms with E-state index in [0.717, 1.165) is 5.57 Å². The Balaban J connectivity index is 1.46. The highest BCUT2D eigenvalue weighted by Crippen LogP contribution is 2.73. The van der Waals surface area contributed by atoms with Crippen LogP contribution in [-0.4, -0.2) is 68.5 Å². The summed E-state index contributed by atoms with van der Waals surface area (Å²) in [4.78, 5) is 25.1. The zero-order chi connectivity index (χ0) is 22.0. The van der Waals surface area contributed by atoms with E-state index in [4.69, 9.17) is 9.47 Å². The lowest BCUT2D eigenvalue weighted by Crippen LogP contribution is -2.73. The summed E-state index contributed by atoms with van der Waals surface area (Å²) in [6.07, 6.45) is 1.28. The van der Waals surface area contributed by atoms with Crippen molar-refractivity contribution in [3.63, 3.8) is 0 Å². The minimum Gasteiger partial charge on any atom is -0.461 e. The van der Waals surface area contributed by atoms with Gasteiger partial charge in [-0.25, -0.2) is 4.79 Å². The fourth-order valence-electron chi connectivity index (χ4n) is 8.96. The Bertz CT molecular complexity index is 900. The number of fused-ring (bicyclic) bond motifs is 2. The Morgan fingerprint density at radius 1 is 1.10 bits per heavy atom. The first-order chi connectivity index (χ1) is 14.6. The molecule has 1 saturated heterocycles. The van der Waals surface area contributed by atoms with Crippen molar-refractivity contribution in [3.8, 4) is 0 Å². The van der Waals surface area contributed by atoms with Crippen molar-refractivity contribution < 1.29 is 39.5 Å². The maximum Gasteiger partial charge on any atom is 0.331 e. The monoisotopic (exact) mass is 434 g/mol. The van der Waals surface area contributed by atoms with Crippen molar-refractivity contribution in [2.24, 2.45) is 28.6 Å². The minimum atomic E-state index is -1.55. The van der Waals surface area contributed by atoms with Gasteiger partial charge in [0, 0.05) is 30.3 Å². The Labute approximate surface area is 180 Å². The number of carbonyl (C=O) groups excluding carboxylic acids is 2. The fraction of sp³-hybridized carbons (Fsp3) is 0.826. The highest BCUT2D eigenvalue weighted by molar-refractivity contribution is 5.85. The van der Waals surface area contributed by atoms with E-state index in [1.54, 1.807) is 0 Å². The summed E-state index contributed by atoms with van der Waals surface area (Å²) in [6, 6.07) is 0. The van der Waals surface area contributed by atoms with Gasteiger partial charge in [-0.3, -0.25) is 4.79 Å². The Morgan fingerprint density at radius 2 is 1.87 bits per heavy atom. The quantitative estimate of drug-likeness (QED) is 0.430. The molecule has 0 aromatic heterocycles. The van der Waals surface area contributed by atoms with Gasteiger partial charge < -0.3 is 29.9 Å². The molecule has 8 heteroatoms. The predicted molar refractivity (Wildman–Crippen MR) is 104 cm³/mol. The van der Waals surface area contributed by atoms with Crippen LogP contribution in [0.25, 0.3) is 0 Å². The van der Waals surface area contributed by atoms with Gasteiger partial charge in [-0.1, -0.05) is 6.92 Å². The molecule has 170 valence electrons. The topological polar surface area (TPSA) is 134 Å². The van der Waals surface area contributed by atoms with Crippen LogP contribution < -0.4 is 0 Å². The first kappa shape index (κ1) is 20.1. The molecule has 0 unspecified atom stereocenters. The Hall–Kier alpha value is -1.48. The van der Waals surface area contributed by atoms with Crippen LogP contribution in [-0.2, 0) is 19.1 Å². The highest BCUT2D eigenvalue weighted by atomic mass is 16.6. The van der Waals surface area contributed by atoms with Crippen LogP contribution in [0.2, 0.25) is 0 Å². The number of cyclic esters (lactones) is 1. The first-order valence-corrected chi connectivity index (χ1v) is 11.5. The fourth-order valence-corrected chi connectivity index (χ4v) is 8.96. The average Bonchev–Trinajstić information content (AvgIpc) is 3.30. The zero-order valence-electron chi connectivity index (χ0n) is 17.6. The third kappa shape index (κ3) is 2.11. The highest BCUT2D eigenvalue weighted by Gasteiger charge is 2.81. The van der Waals surface area contributed by atoms with Crippen molar-refractivity contribution in [2.75, 3.05) is 6.61 Å². The van der Waals surface area contributed by atoms with Crippen LogP contribution >= 0.6 is 0 Å². The molecular formula is C23H30O8. The molecule has 0 aromatic carbocycles. The minimum absolute atomic E-state index is 0.0119. The molecule has 2 aliphatic heterocycles. The second-order valence-electron chi connectivity index (χ2n) is 11.1. The van der Waals surface area contributed by atoms with E-state index in [0.29, 0.717) is 25.7 Å². The van der Waals surface area contributed by atoms with Crippen LogP contribution in [0.15, 0.2) is 11.6 Å². The van der Waals surface area contributed by atoms with Gasteiger partial charge in [0.1, 0.15) is 18.1 Å². The van der Waals surface area contributed by atoms with E-state index in [9.17, 15) is 30.0 Å². The molecule has 0 amide bonds. The molecule has 2 heterocycles. The molecule has 5 fully saturated rings. The van der Waals surface area contributed by atoms with E-state index in [2.05, 4.69) is 0 Å². The van der Waals surface area contributed by atoms with Gasteiger partial charge in [0.15, 0.2) is 0 Å². The van der Waals surface area contributed by atoms with Crippen molar-refractivity contribution in [1.29, 1.82) is 0 Å². The summed E-state index contributed by atoms with van der Waals surface area (Å²) >= 11 is 0. The van der Waals surface area contributed by atoms with Gasteiger partial charge >= 0.3 is 11.9 Å². The third-order valence-corrected chi connectivity index (χ3v) is 10.1. The summed E-state index contributed by atoms with van der Waals surface area (Å²) in [7, 11) is 0. The lowest BCUT2D eigenvalue weighted by molar-refractivity contribution is -0.270. The molecule has 6 rings (SSSR count). The predicted octanol–water partition coefficient (Wildman–Crippen LogP) is 0.205. The number of esters is 2. The van der Waals surface area contributed by atoms with Gasteiger partial charge in [-0.2, -0.15) is 0 Å². The molecule has 4 saturated carbocycles. The molecule has 0 radical (unpaired) electrons. The van der Waals surface area contributed by atoms with Crippen molar-refractivity contribution in [1.82, 2.24) is 0 Å². The van der Waals surface area contributed by atoms with E-state index in [-0.39, 0.29) is 43.7 Å². The molecule has 0 bridgehead atoms. The summed E-state index contributed by atoms with van der Waals surface area (Å²) in [5.74, 6) is -1.85. The first-order valence-electron chi connectivity index (χ1n) is 11.5. The number of ether oxygens (including phenoxy) is 2. The van der Waals surface area contributed by atoms with E-state index in [1.165, 1.54) is 6.08 Å². The van der Waals surface area contributed by atoms with Crippen molar-refractivity contribution in [3.05, 3.63) is 11.6 Å². The SMILES string of the molecule is C[C@]12C[C@H]3OC(=O)[C@@]45[C@@H]3[C@@H](CC[C@]4(O)C[C@@H](O)C[C@H]5O)[C@@]1(O)CC[C@@H]2C1=CC(=O)OC1. The number of aliphatic hydroxyl groups is 4. The second kappa shape index (κ2) is 5.90. The van der Waals surface area contributed by atoms with Crippen LogP contribution in [0.3, 0.4) is 0 Å². The lowest BCUT2D eigenvalue weighted by Gasteiger charge is -2.64. The number of hydrogen-bond acceptors (Lipinski definition) is 8. The largest absolute Gasteiger partial charge is 0.461 e. The molecule has 6 aliphatic rings. The number of carbonyl (C=O) groups is 2. The molecule has 0 aromatic rings. The van der Waals surface area contributed by atoms with Gasteiger partial charge in [0.05, 0.1) is 23.4 Å².